The third-order valence-electron chi connectivity index (χ3n) is 4.08. The molecular weight excluding hydrogens is 402 g/mol. The lowest BCUT2D eigenvalue weighted by Gasteiger charge is -2.09. The van der Waals surface area contributed by atoms with Crippen LogP contribution in [0.4, 0.5) is 0 Å². The highest BCUT2D eigenvalue weighted by atomic mass is 35.5. The van der Waals surface area contributed by atoms with E-state index in [-0.39, 0.29) is 6.54 Å². The first-order valence-electron chi connectivity index (χ1n) is 9.24. The predicted octanol–water partition coefficient (Wildman–Crippen LogP) is 3.80. The van der Waals surface area contributed by atoms with Gasteiger partial charge in [0.2, 0.25) is 0 Å². The molecule has 0 bridgehead atoms. The van der Waals surface area contributed by atoms with Crippen molar-refractivity contribution >= 4 is 29.6 Å². The lowest BCUT2D eigenvalue weighted by Crippen LogP contribution is -2.35. The van der Waals surface area contributed by atoms with Crippen LogP contribution in [0.5, 0.6) is 5.75 Å². The molecule has 0 heterocycles. The Morgan fingerprint density at radius 1 is 0.933 bits per heavy atom. The minimum atomic E-state index is -0.464. The third kappa shape index (κ3) is 6.18. The smallest absolute Gasteiger partial charge is 0.259 e. The average Bonchev–Trinajstić information content (AvgIpc) is 2.78. The second-order valence-electron chi connectivity index (χ2n) is 6.27. The average molecular weight is 422 g/mol. The van der Waals surface area contributed by atoms with E-state index < -0.39 is 11.8 Å². The molecule has 3 aromatic carbocycles. The van der Waals surface area contributed by atoms with Gasteiger partial charge in [-0.25, -0.2) is 5.43 Å². The summed E-state index contributed by atoms with van der Waals surface area (Å²) in [5, 5.41) is 6.77. The molecule has 0 aliphatic carbocycles. The van der Waals surface area contributed by atoms with Crippen LogP contribution in [0.2, 0.25) is 5.02 Å². The Morgan fingerprint density at radius 3 is 2.43 bits per heavy atom. The zero-order valence-corrected chi connectivity index (χ0v) is 16.8. The molecule has 0 spiro atoms. The van der Waals surface area contributed by atoms with Crippen molar-refractivity contribution in [1.82, 2.24) is 10.7 Å². The molecular formula is C23H20ClN3O3. The Kier molecular flexibility index (Phi) is 7.58. The summed E-state index contributed by atoms with van der Waals surface area (Å²) < 4.78 is 5.85. The molecule has 3 aromatic rings. The molecule has 2 amide bonds. The van der Waals surface area contributed by atoms with Gasteiger partial charge < -0.3 is 10.1 Å². The summed E-state index contributed by atoms with van der Waals surface area (Å²) in [6.45, 7) is 0.194. The molecule has 0 aliphatic heterocycles. The van der Waals surface area contributed by atoms with E-state index in [0.717, 1.165) is 5.56 Å². The summed E-state index contributed by atoms with van der Waals surface area (Å²) in [7, 11) is 0. The largest absolute Gasteiger partial charge is 0.488 e. The second kappa shape index (κ2) is 10.8. The fraction of sp³-hybridized carbons (Fsp3) is 0.0870. The molecule has 0 saturated carbocycles. The SMILES string of the molecule is O=C(CNC(=O)c1ccccc1Cl)NN=Cc1ccccc1OCc1ccccc1. The fourth-order valence-corrected chi connectivity index (χ4v) is 2.79. The molecule has 0 atom stereocenters. The highest BCUT2D eigenvalue weighted by Gasteiger charge is 2.10. The maximum Gasteiger partial charge on any atom is 0.259 e. The number of carbonyl (C=O) groups is 2. The van der Waals surface area contributed by atoms with Crippen molar-refractivity contribution in [3.05, 3.63) is 101 Å². The quantitative estimate of drug-likeness (QED) is 0.429. The number of benzene rings is 3. The van der Waals surface area contributed by atoms with E-state index in [1.54, 1.807) is 24.3 Å². The number of halogens is 1. The van der Waals surface area contributed by atoms with Gasteiger partial charge in [-0.15, -0.1) is 0 Å². The molecule has 0 radical (unpaired) electrons. The van der Waals surface area contributed by atoms with E-state index in [9.17, 15) is 9.59 Å². The van der Waals surface area contributed by atoms with E-state index in [1.165, 1.54) is 6.21 Å². The monoisotopic (exact) mass is 421 g/mol. The maximum absolute atomic E-state index is 12.1. The van der Waals surface area contributed by atoms with Crippen molar-refractivity contribution in [2.75, 3.05) is 6.54 Å². The summed E-state index contributed by atoms with van der Waals surface area (Å²) in [6.07, 6.45) is 1.49. The van der Waals surface area contributed by atoms with Gasteiger partial charge in [0.1, 0.15) is 12.4 Å². The molecule has 7 heteroatoms. The van der Waals surface area contributed by atoms with Crippen molar-refractivity contribution in [1.29, 1.82) is 0 Å². The van der Waals surface area contributed by atoms with Crippen molar-refractivity contribution in [2.45, 2.75) is 6.61 Å². The van der Waals surface area contributed by atoms with Crippen LogP contribution >= 0.6 is 11.6 Å². The molecule has 0 unspecified atom stereocenters. The summed E-state index contributed by atoms with van der Waals surface area (Å²) in [5.41, 5.74) is 4.45. The van der Waals surface area contributed by atoms with Gasteiger partial charge in [0.15, 0.2) is 0 Å². The molecule has 152 valence electrons. The zero-order valence-electron chi connectivity index (χ0n) is 16.0. The van der Waals surface area contributed by atoms with E-state index >= 15 is 0 Å². The standard InChI is InChI=1S/C23H20ClN3O3/c24-20-12-6-5-11-19(20)23(29)25-15-22(28)27-26-14-18-10-4-7-13-21(18)30-16-17-8-2-1-3-9-17/h1-14H,15-16H2,(H,25,29)(H,27,28). The maximum atomic E-state index is 12.1. The van der Waals surface area contributed by atoms with Crippen molar-refractivity contribution < 1.29 is 14.3 Å². The van der Waals surface area contributed by atoms with Gasteiger partial charge in [-0.2, -0.15) is 5.10 Å². The number of nitrogens with zero attached hydrogens (tertiary/aromatic N) is 1. The van der Waals surface area contributed by atoms with Crippen LogP contribution in [0.1, 0.15) is 21.5 Å². The van der Waals surface area contributed by atoms with Crippen molar-refractivity contribution in [2.24, 2.45) is 5.10 Å². The number of carbonyl (C=O) groups excluding carboxylic acids is 2. The van der Waals surface area contributed by atoms with Gasteiger partial charge >= 0.3 is 0 Å². The van der Waals surface area contributed by atoms with Crippen LogP contribution < -0.4 is 15.5 Å². The Balaban J connectivity index is 1.50. The van der Waals surface area contributed by atoms with Gasteiger partial charge in [-0.1, -0.05) is 66.2 Å². The summed E-state index contributed by atoms with van der Waals surface area (Å²) in [5.74, 6) is -0.250. The second-order valence-corrected chi connectivity index (χ2v) is 6.68. The summed E-state index contributed by atoms with van der Waals surface area (Å²) in [4.78, 5) is 24.0. The minimum Gasteiger partial charge on any atom is -0.488 e. The highest BCUT2D eigenvalue weighted by molar-refractivity contribution is 6.33. The number of rotatable bonds is 8. The predicted molar refractivity (Wildman–Crippen MR) is 117 cm³/mol. The molecule has 3 rings (SSSR count). The van der Waals surface area contributed by atoms with Crippen molar-refractivity contribution in [3.63, 3.8) is 0 Å². The Bertz CT molecular complexity index is 1040. The molecule has 0 fully saturated rings. The molecule has 2 N–H and O–H groups in total. The van der Waals surface area contributed by atoms with Gasteiger partial charge in [0, 0.05) is 5.56 Å². The first kappa shape index (κ1) is 21.1. The summed E-state index contributed by atoms with van der Waals surface area (Å²) in [6, 6.07) is 23.8. The Hall–Kier alpha value is -3.64. The zero-order chi connectivity index (χ0) is 21.2. The van der Waals surface area contributed by atoms with Crippen LogP contribution in [0.15, 0.2) is 84.0 Å². The molecule has 0 saturated heterocycles. The van der Waals surface area contributed by atoms with Crippen molar-refractivity contribution in [3.8, 4) is 5.75 Å². The van der Waals surface area contributed by atoms with E-state index in [0.29, 0.717) is 28.5 Å². The number of hydrogen-bond donors (Lipinski definition) is 2. The number of amides is 2. The normalized spacial score (nSPS) is 10.6. The molecule has 30 heavy (non-hydrogen) atoms. The van der Waals surface area contributed by atoms with Crippen LogP contribution in [0.25, 0.3) is 0 Å². The lowest BCUT2D eigenvalue weighted by atomic mass is 10.2. The molecule has 0 aliphatic rings. The van der Waals surface area contributed by atoms with Crippen LogP contribution in [-0.4, -0.2) is 24.6 Å². The van der Waals surface area contributed by atoms with Gasteiger partial charge in [0.25, 0.3) is 11.8 Å². The van der Waals surface area contributed by atoms with Crippen LogP contribution in [0.3, 0.4) is 0 Å². The first-order chi connectivity index (χ1) is 14.6. The van der Waals surface area contributed by atoms with E-state index in [1.807, 2.05) is 54.6 Å². The number of hydrazone groups is 1. The molecule has 6 nitrogen and oxygen atoms in total. The minimum absolute atomic E-state index is 0.229. The highest BCUT2D eigenvalue weighted by Crippen LogP contribution is 2.17. The number of para-hydroxylation sites is 1. The van der Waals surface area contributed by atoms with Gasteiger partial charge in [-0.3, -0.25) is 9.59 Å². The third-order valence-corrected chi connectivity index (χ3v) is 4.41. The summed E-state index contributed by atoms with van der Waals surface area (Å²) >= 11 is 5.97. The van der Waals surface area contributed by atoms with Gasteiger partial charge in [-0.05, 0) is 29.8 Å². The Labute approximate surface area is 179 Å². The number of ether oxygens (including phenoxy) is 1. The van der Waals surface area contributed by atoms with E-state index in [4.69, 9.17) is 16.3 Å². The topological polar surface area (TPSA) is 79.8 Å². The molecule has 0 aromatic heterocycles. The van der Waals surface area contributed by atoms with E-state index in [2.05, 4.69) is 15.8 Å². The first-order valence-corrected chi connectivity index (χ1v) is 9.61. The van der Waals surface area contributed by atoms with Crippen LogP contribution in [0, 0.1) is 0 Å². The number of nitrogens with one attached hydrogen (secondary N) is 2. The number of hydrogen-bond acceptors (Lipinski definition) is 4. The fourth-order valence-electron chi connectivity index (χ4n) is 2.57. The van der Waals surface area contributed by atoms with Gasteiger partial charge in [0.05, 0.1) is 23.3 Å². The van der Waals surface area contributed by atoms with Crippen LogP contribution in [-0.2, 0) is 11.4 Å². The lowest BCUT2D eigenvalue weighted by molar-refractivity contribution is -0.120. The Morgan fingerprint density at radius 2 is 1.63 bits per heavy atom.